The number of nitrogens with one attached hydrogen (secondary N) is 1. The van der Waals surface area contributed by atoms with Crippen molar-refractivity contribution in [1.82, 2.24) is 14.8 Å². The molecule has 4 aromatic rings. The molecule has 0 fully saturated rings. The third-order valence-electron chi connectivity index (χ3n) is 4.78. The van der Waals surface area contributed by atoms with E-state index < -0.39 is 5.25 Å². The maximum absolute atomic E-state index is 12.8. The average Bonchev–Trinajstić information content (AvgIpc) is 3.19. The molecule has 0 spiro atoms. The van der Waals surface area contributed by atoms with Crippen LogP contribution in [0.5, 0.6) is 0 Å². The third kappa shape index (κ3) is 5.15. The van der Waals surface area contributed by atoms with Crippen LogP contribution in [-0.4, -0.2) is 25.9 Å². The summed E-state index contributed by atoms with van der Waals surface area (Å²) < 4.78 is 1.99. The van der Waals surface area contributed by atoms with Gasteiger partial charge in [0.05, 0.1) is 21.0 Å². The minimum atomic E-state index is -0.443. The van der Waals surface area contributed by atoms with Crippen molar-refractivity contribution in [1.29, 1.82) is 0 Å². The van der Waals surface area contributed by atoms with Crippen LogP contribution in [-0.2, 0) is 11.2 Å². The molecule has 4 rings (SSSR count). The summed E-state index contributed by atoms with van der Waals surface area (Å²) in [5.74, 6) is 0.599. The fourth-order valence-electron chi connectivity index (χ4n) is 3.15. The van der Waals surface area contributed by atoms with E-state index in [1.165, 1.54) is 11.8 Å². The molecule has 0 aliphatic heterocycles. The highest BCUT2D eigenvalue weighted by Crippen LogP contribution is 2.31. The highest BCUT2D eigenvalue weighted by Gasteiger charge is 2.22. The summed E-state index contributed by atoms with van der Waals surface area (Å²) in [6.07, 6.45) is 0.627. The Balaban J connectivity index is 1.59. The van der Waals surface area contributed by atoms with Crippen molar-refractivity contribution in [2.24, 2.45) is 0 Å². The fourth-order valence-corrected chi connectivity index (χ4v) is 4.39. The number of rotatable bonds is 7. The molecule has 0 saturated heterocycles. The van der Waals surface area contributed by atoms with Crippen molar-refractivity contribution < 1.29 is 4.79 Å². The van der Waals surface area contributed by atoms with Crippen molar-refractivity contribution in [3.63, 3.8) is 0 Å². The molecule has 0 radical (unpaired) electrons. The Morgan fingerprint density at radius 1 is 0.969 bits per heavy atom. The van der Waals surface area contributed by atoms with E-state index in [1.54, 1.807) is 18.2 Å². The van der Waals surface area contributed by atoms with E-state index in [0.717, 1.165) is 17.1 Å². The number of thioether (sulfide) groups is 1. The van der Waals surface area contributed by atoms with Gasteiger partial charge in [-0.2, -0.15) is 0 Å². The van der Waals surface area contributed by atoms with Crippen LogP contribution in [0.25, 0.3) is 5.69 Å². The Labute approximate surface area is 200 Å². The molecule has 32 heavy (non-hydrogen) atoms. The SMILES string of the molecule is CC(Sc1nnc(Cc2ccccc2)n1-c1ccccc1)C(=O)Nc1cccc(Cl)c1Cl. The van der Waals surface area contributed by atoms with Crippen LogP contribution in [0.15, 0.2) is 84.0 Å². The lowest BCUT2D eigenvalue weighted by Crippen LogP contribution is -2.23. The van der Waals surface area contributed by atoms with E-state index >= 15 is 0 Å². The number of amides is 1. The second-order valence-electron chi connectivity index (χ2n) is 7.08. The zero-order valence-corrected chi connectivity index (χ0v) is 19.5. The van der Waals surface area contributed by atoms with Crippen LogP contribution < -0.4 is 5.32 Å². The molecule has 0 aliphatic carbocycles. The van der Waals surface area contributed by atoms with Crippen molar-refractivity contribution in [3.8, 4) is 5.69 Å². The second kappa shape index (κ2) is 10.2. The summed E-state index contributed by atoms with van der Waals surface area (Å²) in [5.41, 5.74) is 2.55. The molecule has 1 unspecified atom stereocenters. The molecule has 1 aromatic heterocycles. The maximum atomic E-state index is 12.8. The summed E-state index contributed by atoms with van der Waals surface area (Å²) in [5, 5.41) is 12.6. The highest BCUT2D eigenvalue weighted by atomic mass is 35.5. The summed E-state index contributed by atoms with van der Waals surface area (Å²) >= 11 is 13.6. The third-order valence-corrected chi connectivity index (χ3v) is 6.64. The van der Waals surface area contributed by atoms with E-state index in [-0.39, 0.29) is 5.91 Å². The van der Waals surface area contributed by atoms with Crippen molar-refractivity contribution >= 4 is 46.6 Å². The number of benzene rings is 3. The number of nitrogens with zero attached hydrogens (tertiary/aromatic N) is 3. The minimum absolute atomic E-state index is 0.202. The van der Waals surface area contributed by atoms with Gasteiger partial charge in [-0.05, 0) is 36.8 Å². The predicted molar refractivity (Wildman–Crippen MR) is 131 cm³/mol. The Kier molecular flexibility index (Phi) is 7.15. The van der Waals surface area contributed by atoms with E-state index in [0.29, 0.717) is 27.3 Å². The maximum Gasteiger partial charge on any atom is 0.237 e. The van der Waals surface area contributed by atoms with Crippen molar-refractivity contribution in [3.05, 3.63) is 100 Å². The van der Waals surface area contributed by atoms with Gasteiger partial charge in [-0.1, -0.05) is 89.6 Å². The van der Waals surface area contributed by atoms with Gasteiger partial charge in [0.15, 0.2) is 5.16 Å². The summed E-state index contributed by atoms with van der Waals surface area (Å²) in [4.78, 5) is 12.8. The normalized spacial score (nSPS) is 11.8. The van der Waals surface area contributed by atoms with Gasteiger partial charge in [-0.3, -0.25) is 9.36 Å². The zero-order chi connectivity index (χ0) is 22.5. The average molecular weight is 483 g/mol. The molecule has 1 amide bonds. The molecule has 5 nitrogen and oxygen atoms in total. The first-order chi connectivity index (χ1) is 15.5. The molecule has 0 aliphatic rings. The first-order valence-corrected chi connectivity index (χ1v) is 11.6. The van der Waals surface area contributed by atoms with E-state index in [1.807, 2.05) is 60.0 Å². The van der Waals surface area contributed by atoms with E-state index in [2.05, 4.69) is 27.6 Å². The Hall–Kier alpha value is -2.80. The zero-order valence-electron chi connectivity index (χ0n) is 17.2. The lowest BCUT2D eigenvalue weighted by molar-refractivity contribution is -0.115. The molecule has 162 valence electrons. The Morgan fingerprint density at radius 3 is 2.38 bits per heavy atom. The summed E-state index contributed by atoms with van der Waals surface area (Å²) in [6, 6.07) is 25.1. The van der Waals surface area contributed by atoms with Gasteiger partial charge in [-0.15, -0.1) is 10.2 Å². The number of hydrogen-bond donors (Lipinski definition) is 1. The number of halogens is 2. The van der Waals surface area contributed by atoms with Crippen LogP contribution in [0.4, 0.5) is 5.69 Å². The molecule has 0 saturated carbocycles. The lowest BCUT2D eigenvalue weighted by Gasteiger charge is -2.15. The molecule has 0 bridgehead atoms. The second-order valence-corrected chi connectivity index (χ2v) is 9.18. The topological polar surface area (TPSA) is 59.8 Å². The minimum Gasteiger partial charge on any atom is -0.324 e. The van der Waals surface area contributed by atoms with Gasteiger partial charge in [0, 0.05) is 12.1 Å². The number of carbonyl (C=O) groups excluding carboxylic acids is 1. The fraction of sp³-hybridized carbons (Fsp3) is 0.125. The van der Waals surface area contributed by atoms with Crippen molar-refractivity contribution in [2.45, 2.75) is 23.8 Å². The summed E-state index contributed by atoms with van der Waals surface area (Å²) in [6.45, 7) is 1.82. The number of carbonyl (C=O) groups is 1. The number of aromatic nitrogens is 3. The smallest absolute Gasteiger partial charge is 0.237 e. The van der Waals surface area contributed by atoms with Gasteiger partial charge >= 0.3 is 0 Å². The van der Waals surface area contributed by atoms with Gasteiger partial charge in [0.1, 0.15) is 5.82 Å². The molecule has 3 aromatic carbocycles. The quantitative estimate of drug-likeness (QED) is 0.314. The predicted octanol–water partition coefficient (Wildman–Crippen LogP) is 6.28. The van der Waals surface area contributed by atoms with Crippen LogP contribution in [0.1, 0.15) is 18.3 Å². The molecular formula is C24H20Cl2N4OS. The van der Waals surface area contributed by atoms with Crippen LogP contribution in [0, 0.1) is 0 Å². The standard InChI is InChI=1S/C24H20Cl2N4OS/c1-16(23(31)27-20-14-8-13-19(25)22(20)26)32-24-29-28-21(15-17-9-4-2-5-10-17)30(24)18-11-6-3-7-12-18/h2-14,16H,15H2,1H3,(H,27,31). The number of anilines is 1. The van der Waals surface area contributed by atoms with Gasteiger partial charge in [-0.25, -0.2) is 0 Å². The Morgan fingerprint density at radius 2 is 1.66 bits per heavy atom. The molecule has 1 heterocycles. The number of para-hydroxylation sites is 1. The van der Waals surface area contributed by atoms with Crippen LogP contribution in [0.2, 0.25) is 10.0 Å². The first kappa shape index (κ1) is 22.4. The lowest BCUT2D eigenvalue weighted by atomic mass is 10.1. The molecule has 1 N–H and O–H groups in total. The van der Waals surface area contributed by atoms with E-state index in [9.17, 15) is 4.79 Å². The first-order valence-electron chi connectivity index (χ1n) is 9.98. The number of hydrogen-bond acceptors (Lipinski definition) is 4. The monoisotopic (exact) mass is 482 g/mol. The van der Waals surface area contributed by atoms with Crippen molar-refractivity contribution in [2.75, 3.05) is 5.32 Å². The van der Waals surface area contributed by atoms with Gasteiger partial charge in [0.2, 0.25) is 5.91 Å². The molecular weight excluding hydrogens is 463 g/mol. The summed E-state index contributed by atoms with van der Waals surface area (Å²) in [7, 11) is 0. The van der Waals surface area contributed by atoms with Crippen LogP contribution >= 0.6 is 35.0 Å². The Bertz CT molecular complexity index is 1220. The molecule has 1 atom stereocenters. The molecule has 8 heteroatoms. The largest absolute Gasteiger partial charge is 0.324 e. The van der Waals surface area contributed by atoms with Gasteiger partial charge in [0.25, 0.3) is 0 Å². The van der Waals surface area contributed by atoms with Gasteiger partial charge < -0.3 is 5.32 Å². The van der Waals surface area contributed by atoms with E-state index in [4.69, 9.17) is 23.2 Å². The van der Waals surface area contributed by atoms with Crippen LogP contribution in [0.3, 0.4) is 0 Å². The highest BCUT2D eigenvalue weighted by molar-refractivity contribution is 8.00.